The molecule has 3 nitrogen and oxygen atoms in total. The highest BCUT2D eigenvalue weighted by atomic mass is 16.3. The van der Waals surface area contributed by atoms with Gasteiger partial charge in [0.1, 0.15) is 11.2 Å². The lowest BCUT2D eigenvalue weighted by Crippen LogP contribution is -2.13. The van der Waals surface area contributed by atoms with E-state index in [0.29, 0.717) is 0 Å². The number of furan rings is 1. The van der Waals surface area contributed by atoms with E-state index in [2.05, 4.69) is 265 Å². The van der Waals surface area contributed by atoms with E-state index in [-0.39, 0.29) is 0 Å². The number of nitrogens with zero attached hydrogens (tertiary/aromatic N) is 2. The standard InChI is InChI=1S/C64H44N2O/c1-4-15-45(16-5-1)48-27-33-53(34-28-48)65(54-35-29-49(30-36-54)46-17-6-2-7-18-46)57-41-52(60-25-14-22-51-21-10-11-23-59(51)60)42-58(43-57)66(55-37-31-50(32-38-55)47-19-8-3-9-20-47)56-39-40-62-61-24-12-13-26-63(61)67-64(62)44-56/h1-44H. The Morgan fingerprint density at radius 1 is 0.224 bits per heavy atom. The molecule has 0 aliphatic carbocycles. The van der Waals surface area contributed by atoms with Crippen LogP contribution in [0.25, 0.3) is 77.2 Å². The highest BCUT2D eigenvalue weighted by Gasteiger charge is 2.22. The molecule has 0 bridgehead atoms. The molecule has 67 heavy (non-hydrogen) atoms. The van der Waals surface area contributed by atoms with E-state index in [4.69, 9.17) is 4.42 Å². The van der Waals surface area contributed by atoms with Gasteiger partial charge in [0.2, 0.25) is 0 Å². The Morgan fingerprint density at radius 2 is 0.627 bits per heavy atom. The molecule has 0 aliphatic rings. The van der Waals surface area contributed by atoms with Crippen molar-refractivity contribution in [2.45, 2.75) is 0 Å². The van der Waals surface area contributed by atoms with Gasteiger partial charge in [-0.25, -0.2) is 0 Å². The molecule has 1 aromatic heterocycles. The zero-order valence-electron chi connectivity index (χ0n) is 36.7. The van der Waals surface area contributed by atoms with Crippen LogP contribution in [-0.4, -0.2) is 0 Å². The Bertz CT molecular complexity index is 3570. The van der Waals surface area contributed by atoms with Crippen molar-refractivity contribution in [1.29, 1.82) is 0 Å². The number of rotatable bonds is 10. The summed E-state index contributed by atoms with van der Waals surface area (Å²) in [5.74, 6) is 0. The normalized spacial score (nSPS) is 11.3. The molecule has 1 heterocycles. The predicted molar refractivity (Wildman–Crippen MR) is 282 cm³/mol. The van der Waals surface area contributed by atoms with Gasteiger partial charge < -0.3 is 14.2 Å². The second kappa shape index (κ2) is 17.2. The lowest BCUT2D eigenvalue weighted by Gasteiger charge is -2.30. The first-order chi connectivity index (χ1) is 33.2. The van der Waals surface area contributed by atoms with Crippen LogP contribution in [0.2, 0.25) is 0 Å². The molecule has 11 aromatic carbocycles. The molecule has 12 rings (SSSR count). The van der Waals surface area contributed by atoms with Crippen LogP contribution in [0.15, 0.2) is 271 Å². The largest absolute Gasteiger partial charge is 0.456 e. The highest BCUT2D eigenvalue weighted by Crippen LogP contribution is 2.46. The maximum atomic E-state index is 6.56. The zero-order valence-corrected chi connectivity index (χ0v) is 36.7. The minimum Gasteiger partial charge on any atom is -0.456 e. The van der Waals surface area contributed by atoms with E-state index in [9.17, 15) is 0 Å². The number of para-hydroxylation sites is 1. The van der Waals surface area contributed by atoms with Gasteiger partial charge in [-0.2, -0.15) is 0 Å². The van der Waals surface area contributed by atoms with E-state index in [1.54, 1.807) is 0 Å². The molecule has 3 heteroatoms. The molecular weight excluding hydrogens is 813 g/mol. The summed E-state index contributed by atoms with van der Waals surface area (Å²) in [6.07, 6.45) is 0. The van der Waals surface area contributed by atoms with Gasteiger partial charge in [0.25, 0.3) is 0 Å². The second-order valence-electron chi connectivity index (χ2n) is 17.0. The Morgan fingerprint density at radius 3 is 1.16 bits per heavy atom. The first kappa shape index (κ1) is 39.7. The Labute approximate surface area is 390 Å². The van der Waals surface area contributed by atoms with Crippen molar-refractivity contribution in [3.63, 3.8) is 0 Å². The molecule has 0 amide bonds. The van der Waals surface area contributed by atoms with Gasteiger partial charge in [-0.3, -0.25) is 0 Å². The number of anilines is 6. The summed E-state index contributed by atoms with van der Waals surface area (Å²) in [5.41, 5.74) is 17.2. The van der Waals surface area contributed by atoms with Crippen molar-refractivity contribution < 1.29 is 4.42 Å². The van der Waals surface area contributed by atoms with Crippen molar-refractivity contribution in [3.05, 3.63) is 267 Å². The Hall–Kier alpha value is -8.92. The average Bonchev–Trinajstić information content (AvgIpc) is 3.78. The molecule has 0 unspecified atom stereocenters. The van der Waals surface area contributed by atoms with Gasteiger partial charge in [-0.1, -0.05) is 188 Å². The highest BCUT2D eigenvalue weighted by molar-refractivity contribution is 6.06. The van der Waals surface area contributed by atoms with Crippen molar-refractivity contribution in [1.82, 2.24) is 0 Å². The topological polar surface area (TPSA) is 19.6 Å². The summed E-state index contributed by atoms with van der Waals surface area (Å²) in [6, 6.07) is 95.8. The maximum absolute atomic E-state index is 6.56. The van der Waals surface area contributed by atoms with E-state index in [1.807, 2.05) is 12.1 Å². The quantitative estimate of drug-likeness (QED) is 0.137. The SMILES string of the molecule is c1ccc(-c2ccc(N(c3ccc(-c4ccccc4)cc3)c3cc(-c4cccc5ccccc45)cc(N(c4ccc(-c5ccccc5)cc4)c4ccc5c(c4)oc4ccccc45)c3)cc2)cc1. The molecule has 0 aliphatic heterocycles. The van der Waals surface area contributed by atoms with Crippen LogP contribution >= 0.6 is 0 Å². The molecule has 0 saturated carbocycles. The lowest BCUT2D eigenvalue weighted by atomic mass is 9.96. The van der Waals surface area contributed by atoms with Crippen LogP contribution in [0, 0.1) is 0 Å². The molecule has 0 saturated heterocycles. The number of hydrogen-bond acceptors (Lipinski definition) is 3. The second-order valence-corrected chi connectivity index (χ2v) is 17.0. The van der Waals surface area contributed by atoms with Crippen LogP contribution < -0.4 is 9.80 Å². The number of hydrogen-bond donors (Lipinski definition) is 0. The fourth-order valence-electron chi connectivity index (χ4n) is 9.53. The summed E-state index contributed by atoms with van der Waals surface area (Å²) in [4.78, 5) is 4.76. The van der Waals surface area contributed by atoms with Crippen molar-refractivity contribution >= 4 is 66.8 Å². The molecule has 0 atom stereocenters. The first-order valence-electron chi connectivity index (χ1n) is 22.8. The van der Waals surface area contributed by atoms with Crippen molar-refractivity contribution in [3.8, 4) is 44.5 Å². The molecular formula is C64H44N2O. The fraction of sp³-hybridized carbons (Fsp3) is 0. The molecule has 0 radical (unpaired) electrons. The number of benzene rings is 11. The minimum absolute atomic E-state index is 0.841. The van der Waals surface area contributed by atoms with Crippen LogP contribution in [-0.2, 0) is 0 Å². The zero-order chi connectivity index (χ0) is 44.5. The smallest absolute Gasteiger partial charge is 0.137 e. The lowest BCUT2D eigenvalue weighted by molar-refractivity contribution is 0.669. The van der Waals surface area contributed by atoms with Crippen LogP contribution in [0.4, 0.5) is 34.1 Å². The summed E-state index contributed by atoms with van der Waals surface area (Å²) < 4.78 is 6.56. The van der Waals surface area contributed by atoms with E-state index < -0.39 is 0 Å². The van der Waals surface area contributed by atoms with Gasteiger partial charge in [-0.05, 0) is 128 Å². The van der Waals surface area contributed by atoms with Crippen LogP contribution in [0.3, 0.4) is 0 Å². The summed E-state index contributed by atoms with van der Waals surface area (Å²) in [5, 5.41) is 4.59. The third-order valence-corrected chi connectivity index (χ3v) is 12.8. The third-order valence-electron chi connectivity index (χ3n) is 12.8. The van der Waals surface area contributed by atoms with Gasteiger partial charge >= 0.3 is 0 Å². The Kier molecular flexibility index (Phi) is 10.2. The van der Waals surface area contributed by atoms with Gasteiger partial charge in [0.05, 0.1) is 0 Å². The molecule has 0 spiro atoms. The van der Waals surface area contributed by atoms with Crippen molar-refractivity contribution in [2.24, 2.45) is 0 Å². The van der Waals surface area contributed by atoms with Crippen molar-refractivity contribution in [2.75, 3.05) is 9.80 Å². The molecule has 0 fully saturated rings. The van der Waals surface area contributed by atoms with E-state index in [0.717, 1.165) is 72.8 Å². The van der Waals surface area contributed by atoms with Gasteiger partial charge in [0.15, 0.2) is 0 Å². The van der Waals surface area contributed by atoms with Crippen LogP contribution in [0.5, 0.6) is 0 Å². The Balaban J connectivity index is 1.09. The summed E-state index contributed by atoms with van der Waals surface area (Å²) in [6.45, 7) is 0. The molecule has 12 aromatic rings. The summed E-state index contributed by atoms with van der Waals surface area (Å²) in [7, 11) is 0. The van der Waals surface area contributed by atoms with Gasteiger partial charge in [-0.15, -0.1) is 0 Å². The number of fused-ring (bicyclic) bond motifs is 4. The molecule has 0 N–H and O–H groups in total. The predicted octanol–water partition coefficient (Wildman–Crippen LogP) is 18.3. The minimum atomic E-state index is 0.841. The first-order valence-corrected chi connectivity index (χ1v) is 22.8. The molecule has 316 valence electrons. The van der Waals surface area contributed by atoms with E-state index in [1.165, 1.54) is 38.6 Å². The van der Waals surface area contributed by atoms with Gasteiger partial charge in [0, 0.05) is 51.0 Å². The van der Waals surface area contributed by atoms with E-state index >= 15 is 0 Å². The monoisotopic (exact) mass is 856 g/mol. The fourth-order valence-corrected chi connectivity index (χ4v) is 9.53. The average molecular weight is 857 g/mol. The maximum Gasteiger partial charge on any atom is 0.137 e. The van der Waals surface area contributed by atoms with Crippen LogP contribution in [0.1, 0.15) is 0 Å². The summed E-state index contributed by atoms with van der Waals surface area (Å²) >= 11 is 0. The third kappa shape index (κ3) is 7.69.